The zero-order valence-electron chi connectivity index (χ0n) is 10.2. The second-order valence-electron chi connectivity index (χ2n) is 4.75. The van der Waals surface area contributed by atoms with Crippen LogP contribution in [0.25, 0.3) is 10.8 Å². The molecule has 0 bridgehead atoms. The van der Waals surface area contributed by atoms with Gasteiger partial charge in [0.2, 0.25) is 0 Å². The van der Waals surface area contributed by atoms with Crippen LogP contribution in [0, 0.1) is 0 Å². The number of benzene rings is 2. The molecule has 2 aromatic carbocycles. The number of hydrogen-bond acceptors (Lipinski definition) is 1. The van der Waals surface area contributed by atoms with Gasteiger partial charge < -0.3 is 0 Å². The van der Waals surface area contributed by atoms with Gasteiger partial charge >= 0.3 is 0 Å². The quantitative estimate of drug-likeness (QED) is 0.706. The van der Waals surface area contributed by atoms with Crippen molar-refractivity contribution in [1.82, 2.24) is 0 Å². The summed E-state index contributed by atoms with van der Waals surface area (Å²) in [5.41, 5.74) is 2.61. The largest absolute Gasteiger partial charge is 0.260 e. The molecule has 0 saturated carbocycles. The summed E-state index contributed by atoms with van der Waals surface area (Å²) in [7, 11) is 0. The minimum Gasteiger partial charge on any atom is -0.260 e. The number of hydrogen-bond donors (Lipinski definition) is 0. The van der Waals surface area contributed by atoms with Crippen LogP contribution < -0.4 is 0 Å². The molecule has 2 aromatic rings. The van der Waals surface area contributed by atoms with E-state index in [0.29, 0.717) is 5.92 Å². The summed E-state index contributed by atoms with van der Waals surface area (Å²) in [6, 6.07) is 13.0. The Hall–Kier alpha value is -1.63. The minimum absolute atomic E-state index is 0.524. The molecule has 0 fully saturated rings. The van der Waals surface area contributed by atoms with Crippen LogP contribution in [0.5, 0.6) is 0 Å². The Morgan fingerprint density at radius 2 is 2.00 bits per heavy atom. The summed E-state index contributed by atoms with van der Waals surface area (Å²) in [6.07, 6.45) is 5.89. The molecular formula is C16H17N. The van der Waals surface area contributed by atoms with E-state index in [1.807, 2.05) is 0 Å². The Labute approximate surface area is 102 Å². The summed E-state index contributed by atoms with van der Waals surface area (Å²) in [4.78, 5) is 4.56. The van der Waals surface area contributed by atoms with E-state index in [1.54, 1.807) is 0 Å². The number of aliphatic imine (C=N–C) groups is 1. The first-order chi connectivity index (χ1) is 8.40. The second-order valence-corrected chi connectivity index (χ2v) is 4.75. The van der Waals surface area contributed by atoms with Crippen LogP contribution in [-0.2, 0) is 0 Å². The van der Waals surface area contributed by atoms with Gasteiger partial charge in [0.05, 0.1) is 5.69 Å². The molecule has 1 aliphatic rings. The topological polar surface area (TPSA) is 12.4 Å². The molecule has 1 unspecified atom stereocenters. The van der Waals surface area contributed by atoms with Crippen molar-refractivity contribution in [2.24, 2.45) is 4.99 Å². The molecule has 1 heteroatoms. The van der Waals surface area contributed by atoms with Crippen LogP contribution in [0.15, 0.2) is 41.4 Å². The first-order valence-electron chi connectivity index (χ1n) is 6.46. The van der Waals surface area contributed by atoms with E-state index in [1.165, 1.54) is 41.3 Å². The van der Waals surface area contributed by atoms with Crippen LogP contribution in [0.1, 0.15) is 37.7 Å². The summed E-state index contributed by atoms with van der Waals surface area (Å²) in [5.74, 6) is 0.524. The Morgan fingerprint density at radius 3 is 2.88 bits per heavy atom. The van der Waals surface area contributed by atoms with Gasteiger partial charge in [0.1, 0.15) is 0 Å². The first kappa shape index (κ1) is 10.5. The Balaban J connectivity index is 2.10. The molecule has 0 aliphatic carbocycles. The predicted octanol–water partition coefficient (Wildman–Crippen LogP) is 4.83. The summed E-state index contributed by atoms with van der Waals surface area (Å²) in [5, 5.41) is 2.71. The van der Waals surface area contributed by atoms with Crippen LogP contribution in [0.3, 0.4) is 0 Å². The summed E-state index contributed by atoms with van der Waals surface area (Å²) >= 11 is 0. The maximum atomic E-state index is 4.56. The Bertz CT molecular complexity index is 569. The third kappa shape index (κ3) is 1.76. The van der Waals surface area contributed by atoms with E-state index in [0.717, 1.165) is 0 Å². The monoisotopic (exact) mass is 223 g/mol. The smallest absolute Gasteiger partial charge is 0.0670 e. The zero-order valence-corrected chi connectivity index (χ0v) is 10.2. The van der Waals surface area contributed by atoms with E-state index < -0.39 is 0 Å². The molecule has 0 saturated heterocycles. The number of fused-ring (bicyclic) bond motifs is 3. The van der Waals surface area contributed by atoms with E-state index in [4.69, 9.17) is 0 Å². The van der Waals surface area contributed by atoms with E-state index in [9.17, 15) is 0 Å². The van der Waals surface area contributed by atoms with Gasteiger partial charge in [0.25, 0.3) is 0 Å². The maximum absolute atomic E-state index is 4.56. The zero-order chi connectivity index (χ0) is 11.7. The minimum atomic E-state index is 0.524. The lowest BCUT2D eigenvalue weighted by Crippen LogP contribution is -1.96. The van der Waals surface area contributed by atoms with Crippen molar-refractivity contribution in [2.75, 3.05) is 0 Å². The van der Waals surface area contributed by atoms with Crippen LogP contribution in [0.4, 0.5) is 5.69 Å². The molecule has 1 nitrogen and oxygen atoms in total. The molecule has 86 valence electrons. The van der Waals surface area contributed by atoms with E-state index in [-0.39, 0.29) is 0 Å². The van der Waals surface area contributed by atoms with Gasteiger partial charge in [0.15, 0.2) is 0 Å². The molecule has 17 heavy (non-hydrogen) atoms. The van der Waals surface area contributed by atoms with Crippen molar-refractivity contribution in [3.63, 3.8) is 0 Å². The molecule has 0 N–H and O–H groups in total. The third-order valence-corrected chi connectivity index (χ3v) is 3.58. The molecule has 3 rings (SSSR count). The first-order valence-corrected chi connectivity index (χ1v) is 6.46. The van der Waals surface area contributed by atoms with Crippen molar-refractivity contribution in [2.45, 2.75) is 32.1 Å². The van der Waals surface area contributed by atoms with Gasteiger partial charge in [-0.1, -0.05) is 50.1 Å². The van der Waals surface area contributed by atoms with E-state index in [2.05, 4.69) is 54.5 Å². The number of rotatable bonds is 3. The van der Waals surface area contributed by atoms with Gasteiger partial charge in [-0.2, -0.15) is 0 Å². The lowest BCUT2D eigenvalue weighted by Gasteiger charge is -2.11. The highest BCUT2D eigenvalue weighted by molar-refractivity contribution is 5.96. The highest BCUT2D eigenvalue weighted by atomic mass is 14.8. The van der Waals surface area contributed by atoms with Crippen molar-refractivity contribution in [3.05, 3.63) is 42.0 Å². The van der Waals surface area contributed by atoms with E-state index >= 15 is 0 Å². The van der Waals surface area contributed by atoms with Crippen LogP contribution in [-0.4, -0.2) is 6.21 Å². The average molecular weight is 223 g/mol. The molecule has 1 heterocycles. The van der Waals surface area contributed by atoms with Crippen molar-refractivity contribution in [3.8, 4) is 0 Å². The van der Waals surface area contributed by atoms with Gasteiger partial charge in [0, 0.05) is 12.1 Å². The normalized spacial score (nSPS) is 17.6. The molecule has 0 amide bonds. The molecular weight excluding hydrogens is 206 g/mol. The highest BCUT2D eigenvalue weighted by Gasteiger charge is 2.20. The lowest BCUT2D eigenvalue weighted by atomic mass is 9.91. The van der Waals surface area contributed by atoms with Gasteiger partial charge in [-0.05, 0) is 28.8 Å². The van der Waals surface area contributed by atoms with Crippen LogP contribution >= 0.6 is 0 Å². The summed E-state index contributed by atoms with van der Waals surface area (Å²) in [6.45, 7) is 2.25. The molecule has 0 aromatic heterocycles. The lowest BCUT2D eigenvalue weighted by molar-refractivity contribution is 0.698. The number of nitrogens with zero attached hydrogens (tertiary/aromatic N) is 1. The fraction of sp³-hybridized carbons (Fsp3) is 0.312. The standard InChI is InChI=1S/C16H17N/c1-2-3-6-13-11-17-15-10-9-12-7-4-5-8-14(12)16(13)15/h4-5,7-11,13H,2-3,6H2,1H3. The van der Waals surface area contributed by atoms with Crippen molar-refractivity contribution < 1.29 is 0 Å². The molecule has 0 radical (unpaired) electrons. The van der Waals surface area contributed by atoms with Gasteiger partial charge in [-0.25, -0.2) is 0 Å². The fourth-order valence-electron chi connectivity index (χ4n) is 2.67. The third-order valence-electron chi connectivity index (χ3n) is 3.58. The molecule has 1 aliphatic heterocycles. The number of unbranched alkanes of at least 4 members (excludes halogenated alkanes) is 1. The van der Waals surface area contributed by atoms with Crippen molar-refractivity contribution in [1.29, 1.82) is 0 Å². The van der Waals surface area contributed by atoms with Gasteiger partial charge in [-0.15, -0.1) is 0 Å². The Morgan fingerprint density at radius 1 is 1.12 bits per heavy atom. The fourth-order valence-corrected chi connectivity index (χ4v) is 2.67. The Kier molecular flexibility index (Phi) is 2.68. The SMILES string of the molecule is CCCCC1C=Nc2ccc3ccccc3c21. The van der Waals surface area contributed by atoms with Crippen LogP contribution in [0.2, 0.25) is 0 Å². The molecule has 1 atom stereocenters. The molecule has 0 spiro atoms. The second kappa shape index (κ2) is 4.33. The van der Waals surface area contributed by atoms with Crippen molar-refractivity contribution >= 4 is 22.7 Å². The maximum Gasteiger partial charge on any atom is 0.0670 e. The highest BCUT2D eigenvalue weighted by Crippen LogP contribution is 2.39. The van der Waals surface area contributed by atoms with Gasteiger partial charge in [-0.3, -0.25) is 4.99 Å². The average Bonchev–Trinajstić information content (AvgIpc) is 2.80. The predicted molar refractivity (Wildman–Crippen MR) is 74.4 cm³/mol. The summed E-state index contributed by atoms with van der Waals surface area (Å²) < 4.78 is 0.